The van der Waals surface area contributed by atoms with Gasteiger partial charge in [-0.05, 0) is 13.0 Å². The van der Waals surface area contributed by atoms with E-state index < -0.39 is 0 Å². The maximum Gasteiger partial charge on any atom is 0.275 e. The molecule has 64 valence electrons. The molecular formula is C8H11N3O. The number of hydrogen-bond acceptors (Lipinski definition) is 2. The lowest BCUT2D eigenvalue weighted by Gasteiger charge is -1.90. The van der Waals surface area contributed by atoms with Gasteiger partial charge < -0.3 is 5.41 Å². The van der Waals surface area contributed by atoms with Crippen molar-refractivity contribution < 1.29 is 0 Å². The molecule has 0 saturated carbocycles. The summed E-state index contributed by atoms with van der Waals surface area (Å²) in [5.74, 6) is 0. The zero-order chi connectivity index (χ0) is 9.30. The fourth-order valence-corrected chi connectivity index (χ4v) is 1.11. The Balaban J connectivity index is 3.42. The van der Waals surface area contributed by atoms with Crippen molar-refractivity contribution in [1.29, 1.82) is 5.41 Å². The van der Waals surface area contributed by atoms with Gasteiger partial charge in [0, 0.05) is 12.7 Å². The first-order chi connectivity index (χ1) is 5.57. The molecule has 0 aliphatic carbocycles. The van der Waals surface area contributed by atoms with Gasteiger partial charge in [-0.1, -0.05) is 6.58 Å². The molecule has 0 aliphatic rings. The molecule has 0 saturated heterocycles. The van der Waals surface area contributed by atoms with Crippen molar-refractivity contribution >= 4 is 5.71 Å². The molecule has 2 N–H and O–H groups in total. The highest BCUT2D eigenvalue weighted by molar-refractivity contribution is 6.06. The largest absolute Gasteiger partial charge is 0.300 e. The topological polar surface area (TPSA) is 61.6 Å². The molecule has 12 heavy (non-hydrogen) atoms. The Morgan fingerprint density at radius 2 is 2.33 bits per heavy atom. The summed E-state index contributed by atoms with van der Waals surface area (Å²) in [6.07, 6.45) is 1.36. The summed E-state index contributed by atoms with van der Waals surface area (Å²) in [4.78, 5) is 11.3. The number of H-pyrrole nitrogens is 1. The van der Waals surface area contributed by atoms with Crippen LogP contribution in [-0.2, 0) is 7.05 Å². The van der Waals surface area contributed by atoms with Crippen LogP contribution in [0.3, 0.4) is 0 Å². The fraction of sp³-hybridized carbons (Fsp3) is 0.250. The summed E-state index contributed by atoms with van der Waals surface area (Å²) in [7, 11) is 1.62. The number of hydrogen-bond donors (Lipinski definition) is 2. The Bertz CT molecular complexity index is 383. The highest BCUT2D eigenvalue weighted by Crippen LogP contribution is 1.99. The number of nitrogens with zero attached hydrogens (tertiary/aromatic N) is 1. The predicted molar refractivity (Wildman–Crippen MR) is 47.8 cm³/mol. The number of aromatic amines is 1. The van der Waals surface area contributed by atoms with Crippen LogP contribution in [0.15, 0.2) is 17.4 Å². The average molecular weight is 165 g/mol. The maximum absolute atomic E-state index is 11.3. The number of rotatable bonds is 2. The van der Waals surface area contributed by atoms with Crippen LogP contribution in [-0.4, -0.2) is 15.5 Å². The van der Waals surface area contributed by atoms with Crippen molar-refractivity contribution in [3.8, 4) is 0 Å². The minimum atomic E-state index is -0.183. The van der Waals surface area contributed by atoms with Gasteiger partial charge in [0.1, 0.15) is 0 Å². The van der Waals surface area contributed by atoms with Crippen molar-refractivity contribution in [2.45, 2.75) is 6.92 Å². The molecular weight excluding hydrogens is 154 g/mol. The van der Waals surface area contributed by atoms with E-state index in [1.54, 1.807) is 14.0 Å². The second kappa shape index (κ2) is 2.81. The minimum Gasteiger partial charge on any atom is -0.300 e. The first-order valence-corrected chi connectivity index (χ1v) is 3.55. The molecule has 0 unspecified atom stereocenters. The van der Waals surface area contributed by atoms with E-state index in [0.717, 1.165) is 0 Å². The molecule has 0 fully saturated rings. The highest BCUT2D eigenvalue weighted by atomic mass is 16.1. The normalized spacial score (nSPS) is 9.83. The summed E-state index contributed by atoms with van der Waals surface area (Å²) < 4.78 is 1.35. The zero-order valence-corrected chi connectivity index (χ0v) is 7.14. The van der Waals surface area contributed by atoms with Crippen LogP contribution in [0.1, 0.15) is 11.3 Å². The van der Waals surface area contributed by atoms with Gasteiger partial charge in [-0.25, -0.2) is 0 Å². The quantitative estimate of drug-likeness (QED) is 0.618. The molecule has 0 aliphatic heterocycles. The van der Waals surface area contributed by atoms with E-state index in [1.807, 2.05) is 0 Å². The lowest BCUT2D eigenvalue weighted by molar-refractivity contribution is 0.731. The lowest BCUT2D eigenvalue weighted by atomic mass is 10.1. The fourth-order valence-electron chi connectivity index (χ4n) is 1.11. The molecule has 0 bridgehead atoms. The smallest absolute Gasteiger partial charge is 0.275 e. The molecule has 0 amide bonds. The number of aryl methyl sites for hydroxylation is 2. The Kier molecular flexibility index (Phi) is 1.99. The molecule has 0 atom stereocenters. The molecule has 1 rings (SSSR count). The van der Waals surface area contributed by atoms with Crippen molar-refractivity contribution in [1.82, 2.24) is 9.78 Å². The van der Waals surface area contributed by atoms with Gasteiger partial charge in [0.25, 0.3) is 5.56 Å². The van der Waals surface area contributed by atoms with E-state index in [0.29, 0.717) is 11.3 Å². The second-order valence-corrected chi connectivity index (χ2v) is 2.59. The summed E-state index contributed by atoms with van der Waals surface area (Å²) in [5.41, 5.74) is 1.08. The molecule has 4 heteroatoms. The van der Waals surface area contributed by atoms with Gasteiger partial charge in [-0.2, -0.15) is 0 Å². The van der Waals surface area contributed by atoms with Crippen LogP contribution in [0.4, 0.5) is 0 Å². The van der Waals surface area contributed by atoms with E-state index in [4.69, 9.17) is 5.41 Å². The van der Waals surface area contributed by atoms with Crippen molar-refractivity contribution in [2.24, 2.45) is 7.05 Å². The zero-order valence-electron chi connectivity index (χ0n) is 7.14. The first kappa shape index (κ1) is 8.52. The minimum absolute atomic E-state index is 0.161. The SMILES string of the molecule is C=CC(=N)c1c(C)[nH]n(C)c1=O. The van der Waals surface area contributed by atoms with Crippen LogP contribution >= 0.6 is 0 Å². The third kappa shape index (κ3) is 1.11. The maximum atomic E-state index is 11.3. The Hall–Kier alpha value is -1.58. The second-order valence-electron chi connectivity index (χ2n) is 2.59. The Morgan fingerprint density at radius 3 is 2.67 bits per heavy atom. The van der Waals surface area contributed by atoms with Gasteiger partial charge >= 0.3 is 0 Å². The van der Waals surface area contributed by atoms with Gasteiger partial charge in [-0.15, -0.1) is 0 Å². The van der Waals surface area contributed by atoms with Crippen molar-refractivity contribution in [2.75, 3.05) is 0 Å². The standard InChI is InChI=1S/C8H11N3O/c1-4-6(9)7-5(2)10-11(3)8(7)12/h4,9-10H,1H2,2-3H3. The Labute approximate surface area is 70.0 Å². The van der Waals surface area contributed by atoms with E-state index in [9.17, 15) is 4.79 Å². The lowest BCUT2D eigenvalue weighted by Crippen LogP contribution is -2.17. The van der Waals surface area contributed by atoms with Gasteiger partial charge in [0.05, 0.1) is 11.3 Å². The highest BCUT2D eigenvalue weighted by Gasteiger charge is 2.10. The summed E-state index contributed by atoms with van der Waals surface area (Å²) in [6, 6.07) is 0. The van der Waals surface area contributed by atoms with E-state index >= 15 is 0 Å². The van der Waals surface area contributed by atoms with Gasteiger partial charge in [0.2, 0.25) is 0 Å². The van der Waals surface area contributed by atoms with Crippen LogP contribution in [0.25, 0.3) is 0 Å². The van der Waals surface area contributed by atoms with Crippen molar-refractivity contribution in [3.05, 3.63) is 34.3 Å². The third-order valence-corrected chi connectivity index (χ3v) is 1.70. The summed E-state index contributed by atoms with van der Waals surface area (Å²) in [5, 5.41) is 10.2. The average Bonchev–Trinajstić information content (AvgIpc) is 2.26. The van der Waals surface area contributed by atoms with Crippen molar-refractivity contribution in [3.63, 3.8) is 0 Å². The van der Waals surface area contributed by atoms with Gasteiger partial charge in [-0.3, -0.25) is 14.6 Å². The molecule has 0 spiro atoms. The van der Waals surface area contributed by atoms with Crippen LogP contribution in [0.2, 0.25) is 0 Å². The predicted octanol–water partition coefficient (Wildman–Crippen LogP) is 0.576. The monoisotopic (exact) mass is 165 g/mol. The van der Waals surface area contributed by atoms with Crippen LogP contribution in [0.5, 0.6) is 0 Å². The number of allylic oxidation sites excluding steroid dienone is 1. The molecule has 0 aromatic carbocycles. The number of aromatic nitrogens is 2. The third-order valence-electron chi connectivity index (χ3n) is 1.70. The summed E-state index contributed by atoms with van der Waals surface area (Å²) in [6.45, 7) is 5.20. The van der Waals surface area contributed by atoms with Crippen LogP contribution < -0.4 is 5.56 Å². The molecule has 1 aromatic heterocycles. The van der Waals surface area contributed by atoms with E-state index in [-0.39, 0.29) is 11.3 Å². The molecule has 1 aromatic rings. The molecule has 0 radical (unpaired) electrons. The molecule has 1 heterocycles. The summed E-state index contributed by atoms with van der Waals surface area (Å²) >= 11 is 0. The first-order valence-electron chi connectivity index (χ1n) is 3.55. The van der Waals surface area contributed by atoms with E-state index in [1.165, 1.54) is 10.8 Å². The molecule has 4 nitrogen and oxygen atoms in total. The van der Waals surface area contributed by atoms with E-state index in [2.05, 4.69) is 11.7 Å². The Morgan fingerprint density at radius 1 is 1.75 bits per heavy atom. The van der Waals surface area contributed by atoms with Crippen LogP contribution in [0, 0.1) is 12.3 Å². The number of nitrogens with one attached hydrogen (secondary N) is 2. The van der Waals surface area contributed by atoms with Gasteiger partial charge in [0.15, 0.2) is 0 Å².